The Morgan fingerprint density at radius 2 is 1.71 bits per heavy atom. The average molecular weight is 443 g/mol. The van der Waals surface area contributed by atoms with Crippen LogP contribution in [0.2, 0.25) is 0 Å². The number of benzene rings is 2. The molecule has 164 valence electrons. The standard InChI is InChI=1S/C22H26N4O4S/c1-5-29-19-12-9-17(13-20(19)30-6-2)21(14-25(27)28)31-22-24-23-16(4)26(22)18-10-7-15(3)8-11-18/h7-13,21H,5-6,14H2,1-4H3/t21-/m0/s1. The SMILES string of the molecule is CCOc1ccc([C@H](C[N+](=O)[O-])Sc2nnc(C)n2-c2ccc(C)cc2)cc1OCC. The lowest BCUT2D eigenvalue weighted by Crippen LogP contribution is -2.11. The second-order valence-corrected chi connectivity index (χ2v) is 8.06. The maximum Gasteiger partial charge on any atom is 0.220 e. The van der Waals surface area contributed by atoms with Gasteiger partial charge in [-0.3, -0.25) is 14.7 Å². The summed E-state index contributed by atoms with van der Waals surface area (Å²) >= 11 is 1.31. The van der Waals surface area contributed by atoms with Crippen LogP contribution in [0.15, 0.2) is 47.6 Å². The summed E-state index contributed by atoms with van der Waals surface area (Å²) < 4.78 is 13.2. The molecule has 3 aromatic rings. The molecule has 0 saturated heterocycles. The third-order valence-electron chi connectivity index (χ3n) is 4.59. The summed E-state index contributed by atoms with van der Waals surface area (Å²) in [6.07, 6.45) is 0. The molecule has 1 atom stereocenters. The van der Waals surface area contributed by atoms with E-state index in [0.717, 1.165) is 16.8 Å². The fraction of sp³-hybridized carbons (Fsp3) is 0.364. The molecule has 9 heteroatoms. The van der Waals surface area contributed by atoms with E-state index in [4.69, 9.17) is 9.47 Å². The molecule has 0 unspecified atom stereocenters. The van der Waals surface area contributed by atoms with E-state index in [-0.39, 0.29) is 11.5 Å². The number of nitro groups is 1. The summed E-state index contributed by atoms with van der Waals surface area (Å²) in [6.45, 7) is 8.39. The normalized spacial score (nSPS) is 11.9. The Hall–Kier alpha value is -3.07. The van der Waals surface area contributed by atoms with Crippen molar-refractivity contribution in [3.05, 3.63) is 69.5 Å². The monoisotopic (exact) mass is 442 g/mol. The molecule has 0 saturated carbocycles. The maximum absolute atomic E-state index is 11.4. The Bertz CT molecular complexity index is 1040. The van der Waals surface area contributed by atoms with Gasteiger partial charge in [0.05, 0.1) is 13.2 Å². The lowest BCUT2D eigenvalue weighted by molar-refractivity contribution is -0.479. The topological polar surface area (TPSA) is 92.3 Å². The number of ether oxygens (including phenoxy) is 2. The molecule has 8 nitrogen and oxygen atoms in total. The molecule has 0 aliphatic rings. The third-order valence-corrected chi connectivity index (χ3v) is 5.77. The fourth-order valence-corrected chi connectivity index (χ4v) is 4.32. The van der Waals surface area contributed by atoms with Crippen LogP contribution in [-0.4, -0.2) is 39.4 Å². The highest BCUT2D eigenvalue weighted by Gasteiger charge is 2.25. The zero-order valence-electron chi connectivity index (χ0n) is 18.1. The van der Waals surface area contributed by atoms with Gasteiger partial charge < -0.3 is 9.47 Å². The highest BCUT2D eigenvalue weighted by atomic mass is 32.2. The third kappa shape index (κ3) is 5.55. The van der Waals surface area contributed by atoms with Gasteiger partial charge in [0, 0.05) is 10.6 Å². The Labute approximate surface area is 185 Å². The van der Waals surface area contributed by atoms with Gasteiger partial charge in [0.1, 0.15) is 11.1 Å². The summed E-state index contributed by atoms with van der Waals surface area (Å²) in [4.78, 5) is 11.1. The van der Waals surface area contributed by atoms with E-state index < -0.39 is 5.25 Å². The highest BCUT2D eigenvalue weighted by Crippen LogP contribution is 2.39. The van der Waals surface area contributed by atoms with Gasteiger partial charge in [-0.15, -0.1) is 10.2 Å². The van der Waals surface area contributed by atoms with Crippen LogP contribution in [-0.2, 0) is 0 Å². The van der Waals surface area contributed by atoms with Gasteiger partial charge in [-0.25, -0.2) is 0 Å². The number of aryl methyl sites for hydroxylation is 2. The molecule has 0 aliphatic heterocycles. The van der Waals surface area contributed by atoms with Crippen molar-refractivity contribution in [2.75, 3.05) is 19.8 Å². The van der Waals surface area contributed by atoms with Crippen molar-refractivity contribution < 1.29 is 14.4 Å². The van der Waals surface area contributed by atoms with Crippen molar-refractivity contribution in [2.45, 2.75) is 38.1 Å². The summed E-state index contributed by atoms with van der Waals surface area (Å²) in [5.74, 6) is 1.91. The fourth-order valence-electron chi connectivity index (χ4n) is 3.15. The number of hydrogen-bond donors (Lipinski definition) is 0. The van der Waals surface area contributed by atoms with Crippen LogP contribution in [0, 0.1) is 24.0 Å². The number of rotatable bonds is 10. The van der Waals surface area contributed by atoms with E-state index in [1.54, 1.807) is 6.07 Å². The molecule has 1 aromatic heterocycles. The Balaban J connectivity index is 1.97. The van der Waals surface area contributed by atoms with E-state index >= 15 is 0 Å². The summed E-state index contributed by atoms with van der Waals surface area (Å²) in [5, 5.41) is 20.1. The largest absolute Gasteiger partial charge is 0.490 e. The predicted molar refractivity (Wildman–Crippen MR) is 120 cm³/mol. The van der Waals surface area contributed by atoms with Crippen LogP contribution in [0.3, 0.4) is 0 Å². The minimum absolute atomic E-state index is 0.260. The molecule has 0 aliphatic carbocycles. The van der Waals surface area contributed by atoms with Gasteiger partial charge >= 0.3 is 0 Å². The van der Waals surface area contributed by atoms with Crippen molar-refractivity contribution in [1.29, 1.82) is 0 Å². The van der Waals surface area contributed by atoms with Gasteiger partial charge in [0.2, 0.25) is 6.54 Å². The molecule has 31 heavy (non-hydrogen) atoms. The first-order chi connectivity index (χ1) is 14.9. The maximum atomic E-state index is 11.4. The molecule has 0 spiro atoms. The molecule has 0 amide bonds. The molecule has 1 heterocycles. The molecule has 0 fully saturated rings. The van der Waals surface area contributed by atoms with Gasteiger partial charge in [0.15, 0.2) is 16.7 Å². The Kier molecular flexibility index (Phi) is 7.51. The van der Waals surface area contributed by atoms with E-state index in [9.17, 15) is 10.1 Å². The summed E-state index contributed by atoms with van der Waals surface area (Å²) in [7, 11) is 0. The number of aromatic nitrogens is 3. The summed E-state index contributed by atoms with van der Waals surface area (Å²) in [5.41, 5.74) is 2.83. The lowest BCUT2D eigenvalue weighted by Gasteiger charge is -2.17. The second-order valence-electron chi connectivity index (χ2n) is 6.89. The van der Waals surface area contributed by atoms with Crippen molar-refractivity contribution in [3.63, 3.8) is 0 Å². The molecular formula is C22H26N4O4S. The van der Waals surface area contributed by atoms with Crippen molar-refractivity contribution in [2.24, 2.45) is 0 Å². The molecule has 0 radical (unpaired) electrons. The zero-order chi connectivity index (χ0) is 22.4. The van der Waals surface area contributed by atoms with Crippen molar-refractivity contribution in [3.8, 4) is 17.2 Å². The smallest absolute Gasteiger partial charge is 0.220 e. The van der Waals surface area contributed by atoms with Crippen molar-refractivity contribution >= 4 is 11.8 Å². The van der Waals surface area contributed by atoms with E-state index in [1.165, 1.54) is 11.8 Å². The van der Waals surface area contributed by atoms with E-state index in [0.29, 0.717) is 35.7 Å². The van der Waals surface area contributed by atoms with Crippen LogP contribution in [0.1, 0.15) is 36.0 Å². The first-order valence-electron chi connectivity index (χ1n) is 10.1. The van der Waals surface area contributed by atoms with Crippen LogP contribution in [0.4, 0.5) is 0 Å². The van der Waals surface area contributed by atoms with Gasteiger partial charge in [-0.1, -0.05) is 35.5 Å². The Morgan fingerprint density at radius 3 is 2.35 bits per heavy atom. The number of hydrogen-bond acceptors (Lipinski definition) is 7. The number of nitrogens with zero attached hydrogens (tertiary/aromatic N) is 4. The quantitative estimate of drug-likeness (QED) is 0.253. The van der Waals surface area contributed by atoms with E-state index in [2.05, 4.69) is 10.2 Å². The van der Waals surface area contributed by atoms with Gasteiger partial charge in [0.25, 0.3) is 0 Å². The molecule has 0 bridgehead atoms. The zero-order valence-corrected chi connectivity index (χ0v) is 18.9. The van der Waals surface area contributed by atoms with Crippen LogP contribution in [0.5, 0.6) is 11.5 Å². The summed E-state index contributed by atoms with van der Waals surface area (Å²) in [6, 6.07) is 13.5. The minimum atomic E-state index is -0.474. The highest BCUT2D eigenvalue weighted by molar-refractivity contribution is 7.99. The van der Waals surface area contributed by atoms with Crippen LogP contribution in [0.25, 0.3) is 5.69 Å². The van der Waals surface area contributed by atoms with Crippen molar-refractivity contribution in [1.82, 2.24) is 14.8 Å². The number of thioether (sulfide) groups is 1. The minimum Gasteiger partial charge on any atom is -0.490 e. The average Bonchev–Trinajstić information content (AvgIpc) is 3.09. The Morgan fingerprint density at radius 1 is 1.03 bits per heavy atom. The second kappa shape index (κ2) is 10.3. The molecular weight excluding hydrogens is 416 g/mol. The first kappa shape index (κ1) is 22.6. The van der Waals surface area contributed by atoms with Gasteiger partial charge in [-0.2, -0.15) is 0 Å². The van der Waals surface area contributed by atoms with Crippen LogP contribution < -0.4 is 9.47 Å². The molecule has 3 rings (SSSR count). The van der Waals surface area contributed by atoms with Crippen LogP contribution >= 0.6 is 11.8 Å². The van der Waals surface area contributed by atoms with E-state index in [1.807, 2.05) is 68.7 Å². The molecule has 2 aromatic carbocycles. The van der Waals surface area contributed by atoms with Gasteiger partial charge in [-0.05, 0) is 57.5 Å². The first-order valence-corrected chi connectivity index (χ1v) is 11.0. The predicted octanol–water partition coefficient (Wildman–Crippen LogP) is 4.79. The molecule has 0 N–H and O–H groups in total. The lowest BCUT2D eigenvalue weighted by atomic mass is 10.1.